The molecule has 6 heteroatoms. The van der Waals surface area contributed by atoms with Crippen LogP contribution in [0.5, 0.6) is 0 Å². The molecule has 1 amide bonds. The summed E-state index contributed by atoms with van der Waals surface area (Å²) in [5.74, 6) is 0.664. The standard InChI is InChI=1S/C13H18N4O2/c18-10-11-4-7-17(8-5-11)9-13(19)16-15-12-3-1-2-6-14-12/h1-3,6,10-11H,4-5,7-9H2,(H,14,15)(H,16,19). The molecule has 1 aromatic rings. The number of nitrogens with one attached hydrogen (secondary N) is 2. The van der Waals surface area contributed by atoms with E-state index in [1.54, 1.807) is 12.3 Å². The number of piperidine rings is 1. The highest BCUT2D eigenvalue weighted by atomic mass is 16.2. The second-order valence-corrected chi connectivity index (χ2v) is 4.64. The molecule has 2 rings (SSSR count). The number of likely N-dealkylation sites (tertiary alicyclic amines) is 1. The van der Waals surface area contributed by atoms with Crippen molar-refractivity contribution in [3.63, 3.8) is 0 Å². The zero-order valence-corrected chi connectivity index (χ0v) is 10.7. The van der Waals surface area contributed by atoms with Crippen LogP contribution in [0.4, 0.5) is 5.82 Å². The monoisotopic (exact) mass is 262 g/mol. The maximum Gasteiger partial charge on any atom is 0.252 e. The molecular formula is C13H18N4O2. The lowest BCUT2D eigenvalue weighted by Crippen LogP contribution is -2.43. The SMILES string of the molecule is O=CC1CCN(CC(=O)NNc2ccccn2)CC1. The summed E-state index contributed by atoms with van der Waals surface area (Å²) in [6, 6.07) is 5.42. The molecule has 0 atom stereocenters. The van der Waals surface area contributed by atoms with Crippen LogP contribution in [-0.2, 0) is 9.59 Å². The van der Waals surface area contributed by atoms with Crippen molar-refractivity contribution < 1.29 is 9.59 Å². The van der Waals surface area contributed by atoms with Crippen LogP contribution in [0.2, 0.25) is 0 Å². The summed E-state index contributed by atoms with van der Waals surface area (Å²) in [4.78, 5) is 28.4. The van der Waals surface area contributed by atoms with E-state index < -0.39 is 0 Å². The molecule has 0 bridgehead atoms. The highest BCUT2D eigenvalue weighted by Crippen LogP contribution is 2.14. The van der Waals surface area contributed by atoms with Gasteiger partial charge in [0.15, 0.2) is 0 Å². The van der Waals surface area contributed by atoms with E-state index >= 15 is 0 Å². The van der Waals surface area contributed by atoms with Crippen LogP contribution >= 0.6 is 0 Å². The quantitative estimate of drug-likeness (QED) is 0.595. The molecule has 6 nitrogen and oxygen atoms in total. The van der Waals surface area contributed by atoms with Crippen molar-refractivity contribution >= 4 is 18.0 Å². The Hall–Kier alpha value is -1.95. The van der Waals surface area contributed by atoms with Gasteiger partial charge in [-0.3, -0.25) is 20.5 Å². The zero-order valence-electron chi connectivity index (χ0n) is 10.7. The number of nitrogens with zero attached hydrogens (tertiary/aromatic N) is 2. The fraction of sp³-hybridized carbons (Fsp3) is 0.462. The molecule has 2 heterocycles. The molecule has 1 fully saturated rings. The van der Waals surface area contributed by atoms with Gasteiger partial charge in [-0.25, -0.2) is 4.98 Å². The number of carbonyl (C=O) groups excluding carboxylic acids is 2. The Morgan fingerprint density at radius 3 is 2.84 bits per heavy atom. The Bertz CT molecular complexity index is 416. The molecule has 1 saturated heterocycles. The van der Waals surface area contributed by atoms with E-state index in [0.717, 1.165) is 32.2 Å². The van der Waals surface area contributed by atoms with Crippen molar-refractivity contribution in [2.75, 3.05) is 25.1 Å². The predicted octanol–water partition coefficient (Wildman–Crippen LogP) is 0.436. The van der Waals surface area contributed by atoms with Gasteiger partial charge in [0.05, 0.1) is 6.54 Å². The van der Waals surface area contributed by atoms with Crippen LogP contribution in [0.3, 0.4) is 0 Å². The van der Waals surface area contributed by atoms with E-state index in [0.29, 0.717) is 12.4 Å². The maximum atomic E-state index is 11.7. The average Bonchev–Trinajstić information content (AvgIpc) is 2.47. The molecule has 1 aromatic heterocycles. The minimum atomic E-state index is -0.102. The summed E-state index contributed by atoms with van der Waals surface area (Å²) < 4.78 is 0. The number of carbonyl (C=O) groups is 2. The molecular weight excluding hydrogens is 244 g/mol. The third kappa shape index (κ3) is 4.33. The van der Waals surface area contributed by atoms with Crippen LogP contribution in [0, 0.1) is 5.92 Å². The molecule has 0 saturated carbocycles. The third-order valence-electron chi connectivity index (χ3n) is 3.19. The smallest absolute Gasteiger partial charge is 0.252 e. The first-order valence-corrected chi connectivity index (χ1v) is 6.41. The number of hydrogen-bond donors (Lipinski definition) is 2. The minimum Gasteiger partial charge on any atom is -0.303 e. The number of rotatable bonds is 5. The van der Waals surface area contributed by atoms with Crippen molar-refractivity contribution in [1.82, 2.24) is 15.3 Å². The largest absolute Gasteiger partial charge is 0.303 e. The molecule has 1 aliphatic rings. The third-order valence-corrected chi connectivity index (χ3v) is 3.19. The van der Waals surface area contributed by atoms with Gasteiger partial charge in [-0.05, 0) is 38.1 Å². The molecule has 0 spiro atoms. The first-order valence-electron chi connectivity index (χ1n) is 6.41. The molecule has 1 aliphatic heterocycles. The van der Waals surface area contributed by atoms with Crippen LogP contribution in [0.15, 0.2) is 24.4 Å². The van der Waals surface area contributed by atoms with Crippen LogP contribution in [0.1, 0.15) is 12.8 Å². The number of hydrazine groups is 1. The molecule has 0 radical (unpaired) electrons. The lowest BCUT2D eigenvalue weighted by Gasteiger charge is -2.28. The van der Waals surface area contributed by atoms with Gasteiger partial charge < -0.3 is 4.79 Å². The van der Waals surface area contributed by atoms with Crippen molar-refractivity contribution in [1.29, 1.82) is 0 Å². The van der Waals surface area contributed by atoms with Gasteiger partial charge in [0.1, 0.15) is 12.1 Å². The summed E-state index contributed by atoms with van der Waals surface area (Å²) in [7, 11) is 0. The van der Waals surface area contributed by atoms with Gasteiger partial charge in [0, 0.05) is 12.1 Å². The number of pyridine rings is 1. The van der Waals surface area contributed by atoms with E-state index in [9.17, 15) is 9.59 Å². The molecule has 2 N–H and O–H groups in total. The van der Waals surface area contributed by atoms with Crippen molar-refractivity contribution in [2.24, 2.45) is 5.92 Å². The summed E-state index contributed by atoms with van der Waals surface area (Å²) in [6.45, 7) is 1.92. The van der Waals surface area contributed by atoms with Gasteiger partial charge in [0.2, 0.25) is 0 Å². The molecule has 102 valence electrons. The fourth-order valence-corrected chi connectivity index (χ4v) is 2.06. The predicted molar refractivity (Wildman–Crippen MR) is 71.2 cm³/mol. The summed E-state index contributed by atoms with van der Waals surface area (Å²) in [5, 5.41) is 0. The van der Waals surface area contributed by atoms with E-state index in [1.807, 2.05) is 12.1 Å². The second-order valence-electron chi connectivity index (χ2n) is 4.64. The van der Waals surface area contributed by atoms with Gasteiger partial charge >= 0.3 is 0 Å². The maximum absolute atomic E-state index is 11.7. The number of hydrogen-bond acceptors (Lipinski definition) is 5. The van der Waals surface area contributed by atoms with E-state index in [1.165, 1.54) is 0 Å². The van der Waals surface area contributed by atoms with Crippen molar-refractivity contribution in [2.45, 2.75) is 12.8 Å². The number of anilines is 1. The Balaban J connectivity index is 1.69. The molecule has 19 heavy (non-hydrogen) atoms. The van der Waals surface area contributed by atoms with Crippen molar-refractivity contribution in [3.8, 4) is 0 Å². The average molecular weight is 262 g/mol. The normalized spacial score (nSPS) is 16.8. The van der Waals surface area contributed by atoms with Crippen molar-refractivity contribution in [3.05, 3.63) is 24.4 Å². The van der Waals surface area contributed by atoms with E-state index in [2.05, 4.69) is 20.7 Å². The van der Waals surface area contributed by atoms with Gasteiger partial charge in [0.25, 0.3) is 5.91 Å². The zero-order chi connectivity index (χ0) is 13.5. The fourth-order valence-electron chi connectivity index (χ4n) is 2.06. The lowest BCUT2D eigenvalue weighted by molar-refractivity contribution is -0.122. The van der Waals surface area contributed by atoms with E-state index in [4.69, 9.17) is 0 Å². The topological polar surface area (TPSA) is 74.3 Å². The Labute approximate surface area is 112 Å². The van der Waals surface area contributed by atoms with E-state index in [-0.39, 0.29) is 11.8 Å². The second kappa shape index (κ2) is 6.84. The van der Waals surface area contributed by atoms with Crippen LogP contribution in [-0.4, -0.2) is 41.7 Å². The lowest BCUT2D eigenvalue weighted by atomic mass is 9.99. The minimum absolute atomic E-state index is 0.102. The first-order chi connectivity index (χ1) is 9.28. The molecule has 0 unspecified atom stereocenters. The Morgan fingerprint density at radius 2 is 2.21 bits per heavy atom. The van der Waals surface area contributed by atoms with Crippen LogP contribution < -0.4 is 10.9 Å². The Kier molecular flexibility index (Phi) is 4.85. The summed E-state index contributed by atoms with van der Waals surface area (Å²) in [6.07, 6.45) is 4.34. The van der Waals surface area contributed by atoms with Crippen LogP contribution in [0.25, 0.3) is 0 Å². The van der Waals surface area contributed by atoms with Gasteiger partial charge in [-0.2, -0.15) is 0 Å². The highest BCUT2D eigenvalue weighted by molar-refractivity contribution is 5.79. The molecule has 0 aliphatic carbocycles. The van der Waals surface area contributed by atoms with Gasteiger partial charge in [-0.1, -0.05) is 6.07 Å². The highest BCUT2D eigenvalue weighted by Gasteiger charge is 2.20. The summed E-state index contributed by atoms with van der Waals surface area (Å²) >= 11 is 0. The Morgan fingerprint density at radius 1 is 1.42 bits per heavy atom. The summed E-state index contributed by atoms with van der Waals surface area (Å²) in [5.41, 5.74) is 5.37. The number of aromatic nitrogens is 1. The van der Waals surface area contributed by atoms with Gasteiger partial charge in [-0.15, -0.1) is 0 Å². The molecule has 0 aromatic carbocycles. The number of amides is 1. The number of aldehydes is 1. The first kappa shape index (κ1) is 13.5.